The van der Waals surface area contributed by atoms with Gasteiger partial charge in [0.1, 0.15) is 0 Å². The molecule has 1 rings (SSSR count). The molecule has 0 radical (unpaired) electrons. The Morgan fingerprint density at radius 2 is 1.68 bits per heavy atom. The number of benzene rings is 1. The van der Waals surface area contributed by atoms with E-state index in [1.54, 1.807) is 26.4 Å². The average molecular weight is 267 g/mol. The number of nitrogen functional groups attached to an aromatic ring is 1. The van der Waals surface area contributed by atoms with Gasteiger partial charge >= 0.3 is 0 Å². The van der Waals surface area contributed by atoms with Gasteiger partial charge in [-0.05, 0) is 17.7 Å². The topological polar surface area (TPSA) is 93.5 Å². The highest BCUT2D eigenvalue weighted by atomic mass is 16.4. The van der Waals surface area contributed by atoms with Crippen LogP contribution in [0.25, 0.3) is 0 Å². The predicted molar refractivity (Wildman–Crippen MR) is 74.3 cm³/mol. The minimum absolute atomic E-state index is 0.00427. The number of rotatable bonds is 4. The van der Waals surface area contributed by atoms with Crippen LogP contribution in [0.2, 0.25) is 0 Å². The van der Waals surface area contributed by atoms with Crippen molar-refractivity contribution < 1.29 is 14.3 Å². The van der Waals surface area contributed by atoms with Crippen molar-refractivity contribution in [2.24, 2.45) is 0 Å². The zero-order valence-electron chi connectivity index (χ0n) is 11.5. The number of hydrogen-bond acceptors (Lipinski definition) is 4. The highest BCUT2D eigenvalue weighted by molar-refractivity contribution is 5.83. The summed E-state index contributed by atoms with van der Waals surface area (Å²) in [6, 6.07) is 7.23. The van der Waals surface area contributed by atoms with E-state index in [2.05, 4.69) is 15.4 Å². The zero-order chi connectivity index (χ0) is 14.7. The number of hydrogen-bond donors (Lipinski definition) is 3. The van der Waals surface area contributed by atoms with Crippen molar-refractivity contribution in [2.75, 3.05) is 26.5 Å². The summed E-state index contributed by atoms with van der Waals surface area (Å²) < 4.78 is 4.25. The lowest BCUT2D eigenvalue weighted by atomic mass is 10.2. The Bertz CT molecular complexity index is 391. The maximum Gasteiger partial charge on any atom is 0.239 e. The molecule has 1 aromatic carbocycles. The van der Waals surface area contributed by atoms with Gasteiger partial charge in [-0.2, -0.15) is 0 Å². The first-order valence-corrected chi connectivity index (χ1v) is 5.75. The fraction of sp³-hybridized carbons (Fsp3) is 0.385. The van der Waals surface area contributed by atoms with E-state index in [4.69, 9.17) is 5.73 Å². The SMILES string of the molecule is CC(=O)NCC(=O)NCc1ccc(N)cc1.COC. The molecule has 0 aliphatic carbocycles. The first-order valence-electron chi connectivity index (χ1n) is 5.75. The second-order valence-corrected chi connectivity index (χ2v) is 3.84. The van der Waals surface area contributed by atoms with Crippen molar-refractivity contribution in [1.29, 1.82) is 0 Å². The third-order valence-electron chi connectivity index (χ3n) is 1.97. The summed E-state index contributed by atoms with van der Waals surface area (Å²) in [5, 5.41) is 5.10. The molecule has 0 bridgehead atoms. The molecule has 19 heavy (non-hydrogen) atoms. The van der Waals surface area contributed by atoms with Crippen LogP contribution in [0.15, 0.2) is 24.3 Å². The second kappa shape index (κ2) is 9.90. The molecule has 0 unspecified atom stereocenters. The lowest BCUT2D eigenvalue weighted by molar-refractivity contribution is -0.125. The largest absolute Gasteiger partial charge is 0.399 e. The number of nitrogens with one attached hydrogen (secondary N) is 2. The standard InChI is InChI=1S/C11H15N3O2.C2H6O/c1-8(15)13-7-11(16)14-6-9-2-4-10(12)5-3-9;1-3-2/h2-5H,6-7,12H2,1H3,(H,13,15)(H,14,16);1-2H3. The van der Waals surface area contributed by atoms with Gasteiger partial charge in [0, 0.05) is 33.4 Å². The van der Waals surface area contributed by atoms with Crippen molar-refractivity contribution in [1.82, 2.24) is 10.6 Å². The van der Waals surface area contributed by atoms with Crippen molar-refractivity contribution >= 4 is 17.5 Å². The Morgan fingerprint density at radius 1 is 1.16 bits per heavy atom. The second-order valence-electron chi connectivity index (χ2n) is 3.84. The molecule has 0 saturated carbocycles. The lowest BCUT2D eigenvalue weighted by Gasteiger charge is -2.05. The highest BCUT2D eigenvalue weighted by Crippen LogP contribution is 2.04. The molecule has 0 atom stereocenters. The van der Waals surface area contributed by atoms with Gasteiger partial charge in [-0.15, -0.1) is 0 Å². The smallest absolute Gasteiger partial charge is 0.239 e. The van der Waals surface area contributed by atoms with Gasteiger partial charge in [-0.25, -0.2) is 0 Å². The van der Waals surface area contributed by atoms with Gasteiger partial charge < -0.3 is 21.1 Å². The molecule has 0 heterocycles. The Balaban J connectivity index is 0.000000982. The number of ether oxygens (including phenoxy) is 1. The Hall–Kier alpha value is -2.08. The van der Waals surface area contributed by atoms with E-state index < -0.39 is 0 Å². The Morgan fingerprint density at radius 3 is 2.16 bits per heavy atom. The van der Waals surface area contributed by atoms with Crippen LogP contribution in [0.4, 0.5) is 5.69 Å². The van der Waals surface area contributed by atoms with Crippen LogP contribution in [0.5, 0.6) is 0 Å². The molecule has 0 saturated heterocycles. The van der Waals surface area contributed by atoms with Crippen LogP contribution >= 0.6 is 0 Å². The summed E-state index contributed by atoms with van der Waals surface area (Å²) in [4.78, 5) is 21.8. The summed E-state index contributed by atoms with van der Waals surface area (Å²) in [5.74, 6) is -0.436. The lowest BCUT2D eigenvalue weighted by Crippen LogP contribution is -2.35. The third-order valence-corrected chi connectivity index (χ3v) is 1.97. The third kappa shape index (κ3) is 9.61. The molecule has 106 valence electrons. The first kappa shape index (κ1) is 16.9. The maximum absolute atomic E-state index is 11.2. The van der Waals surface area contributed by atoms with Crippen LogP contribution in [0.1, 0.15) is 12.5 Å². The summed E-state index contributed by atoms with van der Waals surface area (Å²) in [7, 11) is 3.25. The summed E-state index contributed by atoms with van der Waals surface area (Å²) in [6.45, 7) is 1.80. The van der Waals surface area contributed by atoms with E-state index in [9.17, 15) is 9.59 Å². The van der Waals surface area contributed by atoms with E-state index in [0.717, 1.165) is 5.56 Å². The van der Waals surface area contributed by atoms with E-state index in [-0.39, 0.29) is 18.4 Å². The van der Waals surface area contributed by atoms with Crippen molar-refractivity contribution in [2.45, 2.75) is 13.5 Å². The van der Waals surface area contributed by atoms with E-state index in [0.29, 0.717) is 12.2 Å². The number of carbonyl (C=O) groups excluding carboxylic acids is 2. The quantitative estimate of drug-likeness (QED) is 0.683. The molecule has 2 amide bonds. The Kier molecular flexibility index (Phi) is 8.82. The number of anilines is 1. The highest BCUT2D eigenvalue weighted by Gasteiger charge is 2.01. The van der Waals surface area contributed by atoms with Gasteiger partial charge in [-0.3, -0.25) is 9.59 Å². The van der Waals surface area contributed by atoms with Crippen molar-refractivity contribution in [3.63, 3.8) is 0 Å². The molecule has 6 heteroatoms. The number of methoxy groups -OCH3 is 1. The van der Waals surface area contributed by atoms with Crippen molar-refractivity contribution in [3.05, 3.63) is 29.8 Å². The van der Waals surface area contributed by atoms with E-state index in [1.807, 2.05) is 12.1 Å². The van der Waals surface area contributed by atoms with Crippen LogP contribution in [-0.4, -0.2) is 32.6 Å². The Labute approximate surface area is 113 Å². The van der Waals surface area contributed by atoms with Crippen LogP contribution in [-0.2, 0) is 20.9 Å². The monoisotopic (exact) mass is 267 g/mol. The summed E-state index contributed by atoms with van der Waals surface area (Å²) >= 11 is 0. The number of carbonyl (C=O) groups is 2. The van der Waals surface area contributed by atoms with Gasteiger partial charge in [0.15, 0.2) is 0 Å². The normalized spacial score (nSPS) is 9.00. The fourth-order valence-corrected chi connectivity index (χ4v) is 1.10. The van der Waals surface area contributed by atoms with Gasteiger partial charge in [-0.1, -0.05) is 12.1 Å². The predicted octanol–water partition coefficient (Wildman–Crippen LogP) is 0.284. The van der Waals surface area contributed by atoms with Crippen LogP contribution < -0.4 is 16.4 Å². The molecule has 0 aliphatic heterocycles. The van der Waals surface area contributed by atoms with Gasteiger partial charge in [0.25, 0.3) is 0 Å². The molecule has 0 fully saturated rings. The molecule has 0 aliphatic rings. The molecular weight excluding hydrogens is 246 g/mol. The van der Waals surface area contributed by atoms with Crippen molar-refractivity contribution in [3.8, 4) is 0 Å². The fourth-order valence-electron chi connectivity index (χ4n) is 1.10. The molecule has 1 aromatic rings. The first-order chi connectivity index (χ1) is 8.99. The molecule has 0 aromatic heterocycles. The van der Waals surface area contributed by atoms with Crippen LogP contribution in [0.3, 0.4) is 0 Å². The number of amides is 2. The van der Waals surface area contributed by atoms with E-state index >= 15 is 0 Å². The molecule has 0 spiro atoms. The van der Waals surface area contributed by atoms with Crippen LogP contribution in [0, 0.1) is 0 Å². The molecule has 6 nitrogen and oxygen atoms in total. The van der Waals surface area contributed by atoms with Gasteiger partial charge in [0.2, 0.25) is 11.8 Å². The van der Waals surface area contributed by atoms with Gasteiger partial charge in [0.05, 0.1) is 6.54 Å². The molecule has 4 N–H and O–H groups in total. The zero-order valence-corrected chi connectivity index (χ0v) is 11.5. The minimum atomic E-state index is -0.220. The summed E-state index contributed by atoms with van der Waals surface area (Å²) in [5.41, 5.74) is 7.18. The molecular formula is C13H21N3O3. The summed E-state index contributed by atoms with van der Waals surface area (Å²) in [6.07, 6.45) is 0. The minimum Gasteiger partial charge on any atom is -0.399 e. The van der Waals surface area contributed by atoms with E-state index in [1.165, 1.54) is 6.92 Å². The number of nitrogens with two attached hydrogens (primary N) is 1. The maximum atomic E-state index is 11.2. The average Bonchev–Trinajstić information content (AvgIpc) is 2.36.